The number of amides is 2. The summed E-state index contributed by atoms with van der Waals surface area (Å²) in [5.74, 6) is 1.23. The molecule has 6 nitrogen and oxygen atoms in total. The second kappa shape index (κ2) is 7.74. The second-order valence-corrected chi connectivity index (χ2v) is 4.05. The van der Waals surface area contributed by atoms with Gasteiger partial charge in [-0.25, -0.2) is 4.79 Å². The smallest absolute Gasteiger partial charge is 0.319 e. The number of benzene rings is 1. The van der Waals surface area contributed by atoms with Crippen molar-refractivity contribution in [3.05, 3.63) is 48.8 Å². The van der Waals surface area contributed by atoms with Crippen LogP contribution in [0.25, 0.3) is 0 Å². The third kappa shape index (κ3) is 4.68. The molecule has 0 aliphatic rings. The number of urea groups is 1. The van der Waals surface area contributed by atoms with Gasteiger partial charge in [0.05, 0.1) is 25.5 Å². The molecule has 0 aliphatic carbocycles. The molecule has 1 aromatic heterocycles. The first-order valence-corrected chi connectivity index (χ1v) is 6.41. The van der Waals surface area contributed by atoms with Crippen molar-refractivity contribution in [3.8, 4) is 11.5 Å². The van der Waals surface area contributed by atoms with Crippen LogP contribution in [0.15, 0.2) is 42.7 Å². The summed E-state index contributed by atoms with van der Waals surface area (Å²) in [4.78, 5) is 15.5. The van der Waals surface area contributed by atoms with Gasteiger partial charge in [-0.2, -0.15) is 0 Å². The lowest BCUT2D eigenvalue weighted by Crippen LogP contribution is -2.32. The molecule has 0 saturated carbocycles. The minimum atomic E-state index is -0.306. The van der Waals surface area contributed by atoms with Gasteiger partial charge in [0, 0.05) is 6.20 Å². The lowest BCUT2D eigenvalue weighted by molar-refractivity contribution is 0.246. The Labute approximate surface area is 123 Å². The Bertz CT molecular complexity index is 575. The predicted molar refractivity (Wildman–Crippen MR) is 78.6 cm³/mol. The molecular weight excluding hydrogens is 270 g/mol. The maximum atomic E-state index is 11.6. The number of carbonyl (C=O) groups is 1. The second-order valence-electron chi connectivity index (χ2n) is 4.05. The van der Waals surface area contributed by atoms with Gasteiger partial charge in [-0.15, -0.1) is 0 Å². The Morgan fingerprint density at radius 2 is 2.29 bits per heavy atom. The van der Waals surface area contributed by atoms with Gasteiger partial charge in [0.25, 0.3) is 0 Å². The third-order valence-electron chi connectivity index (χ3n) is 2.57. The highest BCUT2D eigenvalue weighted by atomic mass is 16.5. The molecule has 6 heteroatoms. The van der Waals surface area contributed by atoms with E-state index >= 15 is 0 Å². The van der Waals surface area contributed by atoms with Crippen LogP contribution in [-0.2, 0) is 0 Å². The van der Waals surface area contributed by atoms with Crippen molar-refractivity contribution < 1.29 is 14.3 Å². The fourth-order valence-electron chi connectivity index (χ4n) is 1.62. The fraction of sp³-hybridized carbons (Fsp3) is 0.200. The molecule has 2 amide bonds. The molecule has 0 spiro atoms. The van der Waals surface area contributed by atoms with E-state index in [0.29, 0.717) is 30.3 Å². The number of nitrogens with one attached hydrogen (secondary N) is 2. The van der Waals surface area contributed by atoms with E-state index in [0.717, 1.165) is 0 Å². The summed E-state index contributed by atoms with van der Waals surface area (Å²) < 4.78 is 10.7. The molecule has 0 aliphatic heterocycles. The molecule has 0 atom stereocenters. The van der Waals surface area contributed by atoms with E-state index < -0.39 is 0 Å². The van der Waals surface area contributed by atoms with Crippen LogP contribution in [0.3, 0.4) is 0 Å². The molecule has 2 aromatic rings. The Morgan fingerprint density at radius 3 is 3.05 bits per heavy atom. The zero-order chi connectivity index (χ0) is 14.9. The lowest BCUT2D eigenvalue weighted by Gasteiger charge is -2.11. The zero-order valence-corrected chi connectivity index (χ0v) is 11.6. The van der Waals surface area contributed by atoms with Crippen LogP contribution in [0.5, 0.6) is 11.5 Å². The average molecular weight is 286 g/mol. The van der Waals surface area contributed by atoms with Crippen LogP contribution in [0, 0.1) is 6.07 Å². The Kier molecular flexibility index (Phi) is 5.40. The Balaban J connectivity index is 1.71. The SMILES string of the molecule is COc1c[c]ccc1OCCNC(=O)Nc1cccnc1. The first kappa shape index (κ1) is 14.6. The highest BCUT2D eigenvalue weighted by Gasteiger charge is 2.03. The Hall–Kier alpha value is -2.76. The van der Waals surface area contributed by atoms with Crippen molar-refractivity contribution >= 4 is 11.7 Å². The number of anilines is 1. The molecule has 1 radical (unpaired) electrons. The molecule has 1 heterocycles. The van der Waals surface area contributed by atoms with Crippen LogP contribution < -0.4 is 20.1 Å². The van der Waals surface area contributed by atoms with E-state index in [2.05, 4.69) is 21.7 Å². The minimum absolute atomic E-state index is 0.306. The van der Waals surface area contributed by atoms with Crippen LogP contribution in [0.1, 0.15) is 0 Å². The maximum absolute atomic E-state index is 11.6. The summed E-state index contributed by atoms with van der Waals surface area (Å²) in [5.41, 5.74) is 0.635. The molecule has 0 saturated heterocycles. The van der Waals surface area contributed by atoms with Gasteiger partial charge in [0.2, 0.25) is 0 Å². The van der Waals surface area contributed by atoms with Crippen LogP contribution in [-0.4, -0.2) is 31.3 Å². The predicted octanol–water partition coefficient (Wildman–Crippen LogP) is 2.09. The molecule has 21 heavy (non-hydrogen) atoms. The molecule has 2 rings (SSSR count). The van der Waals surface area contributed by atoms with E-state index in [1.807, 2.05) is 0 Å². The highest BCUT2D eigenvalue weighted by Crippen LogP contribution is 2.25. The average Bonchev–Trinajstić information content (AvgIpc) is 2.53. The van der Waals surface area contributed by atoms with Crippen molar-refractivity contribution in [2.24, 2.45) is 0 Å². The van der Waals surface area contributed by atoms with Gasteiger partial charge in [-0.3, -0.25) is 4.98 Å². The van der Waals surface area contributed by atoms with Gasteiger partial charge in [-0.05, 0) is 30.3 Å². The molecule has 0 fully saturated rings. The van der Waals surface area contributed by atoms with E-state index in [9.17, 15) is 4.79 Å². The summed E-state index contributed by atoms with van der Waals surface area (Å²) in [5, 5.41) is 5.35. The molecule has 109 valence electrons. The summed E-state index contributed by atoms with van der Waals surface area (Å²) in [7, 11) is 1.57. The summed E-state index contributed by atoms with van der Waals surface area (Å²) >= 11 is 0. The van der Waals surface area contributed by atoms with Gasteiger partial charge < -0.3 is 20.1 Å². The lowest BCUT2D eigenvalue weighted by atomic mass is 10.3. The number of hydrogen-bond donors (Lipinski definition) is 2. The third-order valence-corrected chi connectivity index (χ3v) is 2.57. The summed E-state index contributed by atoms with van der Waals surface area (Å²) in [6.07, 6.45) is 3.21. The quantitative estimate of drug-likeness (QED) is 0.798. The van der Waals surface area contributed by atoms with Crippen LogP contribution in [0.2, 0.25) is 0 Å². The van der Waals surface area contributed by atoms with E-state index in [4.69, 9.17) is 9.47 Å². The maximum Gasteiger partial charge on any atom is 0.319 e. The standard InChI is InChI=1S/C15H16N3O3/c1-20-13-6-2-3-7-14(13)21-10-9-17-15(19)18-12-5-4-8-16-11-12/h3-8,11H,9-10H2,1H3,(H2,17,18,19). The van der Waals surface area contributed by atoms with Crippen molar-refractivity contribution in [2.75, 3.05) is 25.6 Å². The topological polar surface area (TPSA) is 72.5 Å². The van der Waals surface area contributed by atoms with Crippen LogP contribution in [0.4, 0.5) is 10.5 Å². The first-order chi connectivity index (χ1) is 10.3. The molecule has 2 N–H and O–H groups in total. The van der Waals surface area contributed by atoms with Gasteiger partial charge >= 0.3 is 6.03 Å². The molecule has 0 unspecified atom stereocenters. The Morgan fingerprint density at radius 1 is 1.38 bits per heavy atom. The molecule has 1 aromatic carbocycles. The minimum Gasteiger partial charge on any atom is -0.493 e. The highest BCUT2D eigenvalue weighted by molar-refractivity contribution is 5.88. The zero-order valence-electron chi connectivity index (χ0n) is 11.6. The van der Waals surface area contributed by atoms with Gasteiger partial charge in [0.15, 0.2) is 11.5 Å². The van der Waals surface area contributed by atoms with Gasteiger partial charge in [0.1, 0.15) is 6.61 Å². The molecular formula is C15H16N3O3. The largest absolute Gasteiger partial charge is 0.493 e. The monoisotopic (exact) mass is 286 g/mol. The van der Waals surface area contributed by atoms with E-state index in [1.165, 1.54) is 0 Å². The number of hydrogen-bond acceptors (Lipinski definition) is 4. The fourth-order valence-corrected chi connectivity index (χ4v) is 1.62. The van der Waals surface area contributed by atoms with Crippen molar-refractivity contribution in [3.63, 3.8) is 0 Å². The molecule has 0 bridgehead atoms. The number of rotatable bonds is 6. The number of nitrogens with zero attached hydrogens (tertiary/aromatic N) is 1. The van der Waals surface area contributed by atoms with E-state index in [-0.39, 0.29) is 6.03 Å². The number of carbonyl (C=O) groups excluding carboxylic acids is 1. The number of pyridine rings is 1. The summed E-state index contributed by atoms with van der Waals surface area (Å²) in [6, 6.07) is 11.3. The first-order valence-electron chi connectivity index (χ1n) is 6.41. The van der Waals surface area contributed by atoms with Crippen molar-refractivity contribution in [2.45, 2.75) is 0 Å². The number of ether oxygens (including phenoxy) is 2. The normalized spacial score (nSPS) is 9.76. The van der Waals surface area contributed by atoms with Crippen molar-refractivity contribution in [1.82, 2.24) is 10.3 Å². The van der Waals surface area contributed by atoms with Crippen LogP contribution >= 0.6 is 0 Å². The number of aromatic nitrogens is 1. The van der Waals surface area contributed by atoms with E-state index in [1.54, 1.807) is 49.8 Å². The summed E-state index contributed by atoms with van der Waals surface area (Å²) in [6.45, 7) is 0.703. The van der Waals surface area contributed by atoms with Gasteiger partial charge in [-0.1, -0.05) is 6.07 Å². The van der Waals surface area contributed by atoms with Crippen molar-refractivity contribution in [1.29, 1.82) is 0 Å². The number of methoxy groups -OCH3 is 1.